The lowest BCUT2D eigenvalue weighted by Gasteiger charge is -2.20. The van der Waals surface area contributed by atoms with Gasteiger partial charge in [-0.25, -0.2) is 0 Å². The lowest BCUT2D eigenvalue weighted by Crippen LogP contribution is -2.11. The zero-order valence-corrected chi connectivity index (χ0v) is 11.2. The molecule has 0 spiro atoms. The summed E-state index contributed by atoms with van der Waals surface area (Å²) >= 11 is 1.76. The van der Waals surface area contributed by atoms with Gasteiger partial charge in [-0.05, 0) is 30.2 Å². The number of nitrogens with zero attached hydrogens (tertiary/aromatic N) is 1. The first-order chi connectivity index (χ1) is 8.77. The van der Waals surface area contributed by atoms with Crippen molar-refractivity contribution >= 4 is 11.8 Å². The molecule has 18 heavy (non-hydrogen) atoms. The van der Waals surface area contributed by atoms with Crippen LogP contribution in [0.5, 0.6) is 0 Å². The summed E-state index contributed by atoms with van der Waals surface area (Å²) in [6.45, 7) is 1.84. The predicted molar refractivity (Wildman–Crippen MR) is 76.4 cm³/mol. The summed E-state index contributed by atoms with van der Waals surface area (Å²) in [5, 5.41) is 10.0. The van der Waals surface area contributed by atoms with Gasteiger partial charge in [-0.15, -0.1) is 11.8 Å². The van der Waals surface area contributed by atoms with E-state index in [1.807, 2.05) is 37.3 Å². The van der Waals surface area contributed by atoms with Crippen LogP contribution in [0.15, 0.2) is 54.9 Å². The van der Waals surface area contributed by atoms with Crippen molar-refractivity contribution in [3.63, 3.8) is 0 Å². The Morgan fingerprint density at radius 3 is 2.39 bits per heavy atom. The second-order valence-electron chi connectivity index (χ2n) is 4.24. The van der Waals surface area contributed by atoms with Crippen LogP contribution in [0.2, 0.25) is 0 Å². The molecule has 3 heteroatoms. The molecular weight excluding hydrogens is 242 g/mol. The van der Waals surface area contributed by atoms with E-state index in [9.17, 15) is 5.11 Å². The molecule has 0 radical (unpaired) electrons. The van der Waals surface area contributed by atoms with Gasteiger partial charge in [-0.1, -0.05) is 30.3 Å². The second kappa shape index (κ2) is 6.57. The smallest absolute Gasteiger partial charge is 0.0671 e. The Morgan fingerprint density at radius 2 is 1.78 bits per heavy atom. The first kappa shape index (κ1) is 13.1. The maximum Gasteiger partial charge on any atom is 0.0671 e. The third-order valence-corrected chi connectivity index (χ3v) is 4.27. The summed E-state index contributed by atoms with van der Waals surface area (Å²) in [6.07, 6.45) is 3.24. The topological polar surface area (TPSA) is 33.1 Å². The van der Waals surface area contributed by atoms with Crippen molar-refractivity contribution < 1.29 is 5.11 Å². The standard InChI is InChI=1S/C15H17NOS/c1-12(17)15(14-5-3-2-4-6-14)18-11-13-7-9-16-10-8-13/h2-10,12,15,17H,11H2,1H3. The van der Waals surface area contributed by atoms with Gasteiger partial charge in [-0.3, -0.25) is 4.98 Å². The summed E-state index contributed by atoms with van der Waals surface area (Å²) in [7, 11) is 0. The van der Waals surface area contributed by atoms with Gasteiger partial charge in [0.2, 0.25) is 0 Å². The van der Waals surface area contributed by atoms with E-state index in [1.54, 1.807) is 24.2 Å². The van der Waals surface area contributed by atoms with Crippen molar-refractivity contribution in [3.8, 4) is 0 Å². The maximum absolute atomic E-state index is 9.91. The first-order valence-electron chi connectivity index (χ1n) is 6.01. The molecule has 0 aliphatic heterocycles. The number of aliphatic hydroxyl groups is 1. The van der Waals surface area contributed by atoms with Crippen LogP contribution in [-0.4, -0.2) is 16.2 Å². The lowest BCUT2D eigenvalue weighted by molar-refractivity contribution is 0.192. The molecule has 0 fully saturated rings. The highest BCUT2D eigenvalue weighted by molar-refractivity contribution is 7.98. The summed E-state index contributed by atoms with van der Waals surface area (Å²) in [5.41, 5.74) is 2.41. The lowest BCUT2D eigenvalue weighted by atomic mass is 10.1. The van der Waals surface area contributed by atoms with Crippen LogP contribution < -0.4 is 0 Å². The van der Waals surface area contributed by atoms with E-state index >= 15 is 0 Å². The van der Waals surface area contributed by atoms with E-state index in [4.69, 9.17) is 0 Å². The Morgan fingerprint density at radius 1 is 1.11 bits per heavy atom. The summed E-state index contributed by atoms with van der Waals surface area (Å²) in [4.78, 5) is 4.01. The van der Waals surface area contributed by atoms with Gasteiger partial charge in [0.1, 0.15) is 0 Å². The molecule has 1 heterocycles. The number of benzene rings is 1. The van der Waals surface area contributed by atoms with Crippen LogP contribution in [0, 0.1) is 0 Å². The van der Waals surface area contributed by atoms with Crippen molar-refractivity contribution in [1.82, 2.24) is 4.98 Å². The minimum absolute atomic E-state index is 0.111. The fourth-order valence-electron chi connectivity index (χ4n) is 1.82. The average molecular weight is 259 g/mol. The molecule has 2 nitrogen and oxygen atoms in total. The van der Waals surface area contributed by atoms with Crippen molar-refractivity contribution in [2.75, 3.05) is 0 Å². The Hall–Kier alpha value is -1.32. The van der Waals surface area contributed by atoms with E-state index in [0.29, 0.717) is 0 Å². The summed E-state index contributed by atoms with van der Waals surface area (Å²) < 4.78 is 0. The van der Waals surface area contributed by atoms with E-state index in [2.05, 4.69) is 17.1 Å². The molecule has 0 aliphatic carbocycles. The predicted octanol–water partition coefficient (Wildman–Crippen LogP) is 3.44. The minimum atomic E-state index is -0.362. The largest absolute Gasteiger partial charge is 0.392 e. The maximum atomic E-state index is 9.91. The second-order valence-corrected chi connectivity index (χ2v) is 5.37. The Bertz CT molecular complexity index is 458. The van der Waals surface area contributed by atoms with Crippen LogP contribution in [0.4, 0.5) is 0 Å². The van der Waals surface area contributed by atoms with Crippen LogP contribution >= 0.6 is 11.8 Å². The molecule has 1 aromatic heterocycles. The molecule has 0 aliphatic rings. The molecule has 2 aromatic rings. The molecule has 2 rings (SSSR count). The number of hydrogen-bond donors (Lipinski definition) is 1. The highest BCUT2D eigenvalue weighted by atomic mass is 32.2. The molecule has 2 unspecified atom stereocenters. The number of aromatic nitrogens is 1. The molecule has 1 aromatic carbocycles. The zero-order valence-electron chi connectivity index (χ0n) is 10.4. The molecule has 1 N–H and O–H groups in total. The number of pyridine rings is 1. The van der Waals surface area contributed by atoms with Gasteiger partial charge >= 0.3 is 0 Å². The van der Waals surface area contributed by atoms with E-state index in [0.717, 1.165) is 5.75 Å². The van der Waals surface area contributed by atoms with E-state index in [1.165, 1.54) is 11.1 Å². The van der Waals surface area contributed by atoms with E-state index < -0.39 is 0 Å². The summed E-state index contributed by atoms with van der Waals surface area (Å²) in [6, 6.07) is 14.2. The van der Waals surface area contributed by atoms with Gasteiger partial charge in [-0.2, -0.15) is 0 Å². The van der Waals surface area contributed by atoms with Gasteiger partial charge in [0.15, 0.2) is 0 Å². The molecular formula is C15H17NOS. The van der Waals surface area contributed by atoms with Crippen molar-refractivity contribution in [3.05, 3.63) is 66.0 Å². The monoisotopic (exact) mass is 259 g/mol. The Balaban J connectivity index is 2.04. The van der Waals surface area contributed by atoms with Crippen LogP contribution in [0.25, 0.3) is 0 Å². The highest BCUT2D eigenvalue weighted by Crippen LogP contribution is 2.34. The van der Waals surface area contributed by atoms with E-state index in [-0.39, 0.29) is 11.4 Å². The van der Waals surface area contributed by atoms with Crippen LogP contribution in [-0.2, 0) is 5.75 Å². The fraction of sp³-hybridized carbons (Fsp3) is 0.267. The van der Waals surface area contributed by atoms with Crippen LogP contribution in [0.3, 0.4) is 0 Å². The minimum Gasteiger partial charge on any atom is -0.392 e. The Labute approximate surface area is 112 Å². The van der Waals surface area contributed by atoms with Gasteiger partial charge < -0.3 is 5.11 Å². The van der Waals surface area contributed by atoms with Crippen molar-refractivity contribution in [2.45, 2.75) is 24.0 Å². The van der Waals surface area contributed by atoms with Crippen LogP contribution in [0.1, 0.15) is 23.3 Å². The highest BCUT2D eigenvalue weighted by Gasteiger charge is 2.17. The fourth-order valence-corrected chi connectivity index (χ4v) is 3.01. The van der Waals surface area contributed by atoms with Crippen molar-refractivity contribution in [1.29, 1.82) is 0 Å². The first-order valence-corrected chi connectivity index (χ1v) is 7.06. The average Bonchev–Trinajstić information content (AvgIpc) is 2.41. The Kier molecular flexibility index (Phi) is 4.79. The third kappa shape index (κ3) is 3.59. The van der Waals surface area contributed by atoms with Gasteiger partial charge in [0.25, 0.3) is 0 Å². The SMILES string of the molecule is CC(O)C(SCc1ccncc1)c1ccccc1. The number of hydrogen-bond acceptors (Lipinski definition) is 3. The van der Waals surface area contributed by atoms with Crippen molar-refractivity contribution in [2.24, 2.45) is 0 Å². The number of rotatable bonds is 5. The molecule has 0 amide bonds. The summed E-state index contributed by atoms with van der Waals surface area (Å²) in [5.74, 6) is 0.882. The van der Waals surface area contributed by atoms with Gasteiger partial charge in [0.05, 0.1) is 11.4 Å². The number of aliphatic hydroxyl groups excluding tert-OH is 1. The quantitative estimate of drug-likeness (QED) is 0.893. The molecule has 0 saturated heterocycles. The normalized spacial score (nSPS) is 14.1. The molecule has 94 valence electrons. The molecule has 0 bridgehead atoms. The van der Waals surface area contributed by atoms with Gasteiger partial charge in [0, 0.05) is 18.1 Å². The number of thioether (sulfide) groups is 1. The zero-order chi connectivity index (χ0) is 12.8. The molecule has 2 atom stereocenters. The molecule has 0 saturated carbocycles. The third-order valence-electron chi connectivity index (χ3n) is 2.75.